The van der Waals surface area contributed by atoms with Gasteiger partial charge in [-0.15, -0.1) is 0 Å². The molecule has 2 rings (SSSR count). The minimum absolute atomic E-state index is 0.0411. The summed E-state index contributed by atoms with van der Waals surface area (Å²) >= 11 is 4.90. The molecule has 1 aromatic heterocycles. The Hall–Kier alpha value is -2.68. The van der Waals surface area contributed by atoms with Gasteiger partial charge in [0.25, 0.3) is 5.56 Å². The molecule has 23 heavy (non-hydrogen) atoms. The molecule has 0 unspecified atom stereocenters. The number of nitro benzene ring substituents is 1. The number of benzene rings is 1. The number of nitro groups is 1. The molecule has 0 saturated carbocycles. The van der Waals surface area contributed by atoms with Crippen molar-refractivity contribution in [1.29, 1.82) is 0 Å². The predicted molar refractivity (Wildman–Crippen MR) is 86.0 cm³/mol. The highest BCUT2D eigenvalue weighted by molar-refractivity contribution is 7.71. The zero-order valence-electron chi connectivity index (χ0n) is 12.8. The van der Waals surface area contributed by atoms with Crippen molar-refractivity contribution in [2.75, 3.05) is 14.2 Å². The largest absolute Gasteiger partial charge is 0.493 e. The van der Waals surface area contributed by atoms with Crippen molar-refractivity contribution in [2.45, 2.75) is 13.3 Å². The van der Waals surface area contributed by atoms with Crippen LogP contribution >= 0.6 is 12.2 Å². The SMILES string of the molecule is COc1cc(Cc2c(C)[nH]c(=S)[nH]c2=O)cc([N+](=O)[O-])c1OC. The second kappa shape index (κ2) is 6.61. The van der Waals surface area contributed by atoms with E-state index in [0.717, 1.165) is 0 Å². The van der Waals surface area contributed by atoms with E-state index in [-0.39, 0.29) is 33.9 Å². The van der Waals surface area contributed by atoms with Crippen LogP contribution in [0.5, 0.6) is 11.5 Å². The first kappa shape index (κ1) is 16.7. The van der Waals surface area contributed by atoms with E-state index in [9.17, 15) is 14.9 Å². The van der Waals surface area contributed by atoms with Crippen molar-refractivity contribution in [3.63, 3.8) is 0 Å². The summed E-state index contributed by atoms with van der Waals surface area (Å²) < 4.78 is 10.4. The van der Waals surface area contributed by atoms with Gasteiger partial charge in [-0.3, -0.25) is 19.9 Å². The molecule has 1 aromatic carbocycles. The van der Waals surface area contributed by atoms with E-state index in [4.69, 9.17) is 21.7 Å². The molecule has 0 amide bonds. The summed E-state index contributed by atoms with van der Waals surface area (Å²) in [7, 11) is 2.72. The molecule has 9 heteroatoms. The summed E-state index contributed by atoms with van der Waals surface area (Å²) in [4.78, 5) is 28.0. The van der Waals surface area contributed by atoms with Gasteiger partial charge in [-0.1, -0.05) is 0 Å². The normalized spacial score (nSPS) is 10.4. The molecule has 0 aliphatic carbocycles. The van der Waals surface area contributed by atoms with E-state index in [1.54, 1.807) is 13.0 Å². The van der Waals surface area contributed by atoms with E-state index >= 15 is 0 Å². The summed E-state index contributed by atoms with van der Waals surface area (Å²) in [6.07, 6.45) is 0.189. The van der Waals surface area contributed by atoms with Gasteiger partial charge in [-0.25, -0.2) is 0 Å². The fourth-order valence-corrected chi connectivity index (χ4v) is 2.53. The topological polar surface area (TPSA) is 110 Å². The second-order valence-electron chi connectivity index (χ2n) is 4.80. The first-order chi connectivity index (χ1) is 10.9. The maximum absolute atomic E-state index is 12.0. The molecule has 0 saturated heterocycles. The zero-order chi connectivity index (χ0) is 17.1. The van der Waals surface area contributed by atoms with E-state index in [0.29, 0.717) is 16.8 Å². The third-order valence-electron chi connectivity index (χ3n) is 3.35. The Balaban J connectivity index is 2.57. The predicted octanol–water partition coefficient (Wildman–Crippen LogP) is 2.26. The van der Waals surface area contributed by atoms with Crippen LogP contribution in [0.2, 0.25) is 0 Å². The smallest absolute Gasteiger partial charge is 0.315 e. The number of hydrogen-bond donors (Lipinski definition) is 2. The van der Waals surface area contributed by atoms with Crippen LogP contribution in [0.25, 0.3) is 0 Å². The van der Waals surface area contributed by atoms with Crippen LogP contribution in [0.3, 0.4) is 0 Å². The van der Waals surface area contributed by atoms with Crippen molar-refractivity contribution >= 4 is 17.9 Å². The lowest BCUT2D eigenvalue weighted by Crippen LogP contribution is -2.16. The molecule has 0 atom stereocenters. The van der Waals surface area contributed by atoms with E-state index in [2.05, 4.69) is 9.97 Å². The van der Waals surface area contributed by atoms with Gasteiger partial charge < -0.3 is 14.5 Å². The van der Waals surface area contributed by atoms with Gasteiger partial charge in [0, 0.05) is 23.7 Å². The molecule has 8 nitrogen and oxygen atoms in total. The van der Waals surface area contributed by atoms with Gasteiger partial charge in [0.1, 0.15) is 0 Å². The molecular weight excluding hydrogens is 322 g/mol. The molecule has 0 radical (unpaired) electrons. The lowest BCUT2D eigenvalue weighted by atomic mass is 10.0. The van der Waals surface area contributed by atoms with Gasteiger partial charge >= 0.3 is 5.69 Å². The Morgan fingerprint density at radius 1 is 1.26 bits per heavy atom. The average Bonchev–Trinajstić information content (AvgIpc) is 2.49. The van der Waals surface area contributed by atoms with Crippen LogP contribution in [-0.4, -0.2) is 29.1 Å². The van der Waals surface area contributed by atoms with E-state index < -0.39 is 4.92 Å². The van der Waals surface area contributed by atoms with Crippen molar-refractivity contribution in [3.05, 3.63) is 54.2 Å². The van der Waals surface area contributed by atoms with Gasteiger partial charge in [-0.2, -0.15) is 0 Å². The fourth-order valence-electron chi connectivity index (χ4n) is 2.28. The zero-order valence-corrected chi connectivity index (χ0v) is 13.6. The molecule has 0 aliphatic rings. The number of ether oxygens (including phenoxy) is 2. The van der Waals surface area contributed by atoms with Crippen molar-refractivity contribution in [3.8, 4) is 11.5 Å². The lowest BCUT2D eigenvalue weighted by molar-refractivity contribution is -0.385. The number of aromatic amines is 2. The molecular formula is C14H15N3O5S. The number of aryl methyl sites for hydroxylation is 1. The highest BCUT2D eigenvalue weighted by atomic mass is 32.1. The number of nitrogens with zero attached hydrogens (tertiary/aromatic N) is 1. The van der Waals surface area contributed by atoms with Crippen LogP contribution in [-0.2, 0) is 6.42 Å². The highest BCUT2D eigenvalue weighted by Crippen LogP contribution is 2.38. The Kier molecular flexibility index (Phi) is 4.80. The van der Waals surface area contributed by atoms with Crippen LogP contribution < -0.4 is 15.0 Å². The monoisotopic (exact) mass is 337 g/mol. The number of hydrogen-bond acceptors (Lipinski definition) is 6. The maximum atomic E-state index is 12.0. The Labute approximate surface area is 136 Å². The summed E-state index contributed by atoms with van der Waals surface area (Å²) in [5, 5.41) is 11.2. The maximum Gasteiger partial charge on any atom is 0.315 e. The molecule has 0 fully saturated rings. The minimum Gasteiger partial charge on any atom is -0.493 e. The van der Waals surface area contributed by atoms with Gasteiger partial charge in [0.05, 0.1) is 19.1 Å². The fraction of sp³-hybridized carbons (Fsp3) is 0.286. The average molecular weight is 337 g/mol. The lowest BCUT2D eigenvalue weighted by Gasteiger charge is -2.11. The number of methoxy groups -OCH3 is 2. The van der Waals surface area contributed by atoms with E-state index in [1.165, 1.54) is 20.3 Å². The number of nitrogens with one attached hydrogen (secondary N) is 2. The van der Waals surface area contributed by atoms with E-state index in [1.807, 2.05) is 0 Å². The molecule has 0 aliphatic heterocycles. The summed E-state index contributed by atoms with van der Waals surface area (Å²) in [5.41, 5.74) is 1.05. The Morgan fingerprint density at radius 2 is 1.96 bits per heavy atom. The molecule has 1 heterocycles. The van der Waals surface area contributed by atoms with Crippen molar-refractivity contribution < 1.29 is 14.4 Å². The second-order valence-corrected chi connectivity index (χ2v) is 5.20. The van der Waals surface area contributed by atoms with Gasteiger partial charge in [0.2, 0.25) is 5.75 Å². The van der Waals surface area contributed by atoms with Crippen molar-refractivity contribution in [1.82, 2.24) is 9.97 Å². The van der Waals surface area contributed by atoms with Crippen molar-refractivity contribution in [2.24, 2.45) is 0 Å². The van der Waals surface area contributed by atoms with Crippen LogP contribution in [0.15, 0.2) is 16.9 Å². The molecule has 0 spiro atoms. The summed E-state index contributed by atoms with van der Waals surface area (Å²) in [6, 6.07) is 2.97. The summed E-state index contributed by atoms with van der Waals surface area (Å²) in [5.74, 6) is 0.272. The first-order valence-corrected chi connectivity index (χ1v) is 6.99. The summed E-state index contributed by atoms with van der Waals surface area (Å²) in [6.45, 7) is 1.72. The molecule has 0 bridgehead atoms. The minimum atomic E-state index is -0.555. The van der Waals surface area contributed by atoms with Gasteiger partial charge in [0.15, 0.2) is 10.5 Å². The Bertz CT molecular complexity index is 872. The quantitative estimate of drug-likeness (QED) is 0.492. The number of rotatable bonds is 5. The Morgan fingerprint density at radius 3 is 2.48 bits per heavy atom. The molecule has 122 valence electrons. The first-order valence-electron chi connectivity index (χ1n) is 6.58. The third kappa shape index (κ3) is 3.39. The molecule has 2 N–H and O–H groups in total. The van der Waals surface area contributed by atoms with Crippen LogP contribution in [0.1, 0.15) is 16.8 Å². The number of H-pyrrole nitrogens is 2. The standard InChI is InChI=1S/C14H15N3O5S/c1-7-9(13(18)16-14(23)15-7)4-8-5-10(17(19)20)12(22-3)11(6-8)21-2/h5-6H,4H2,1-3H3,(H2,15,16,18,23). The van der Waals surface area contributed by atoms with Crippen LogP contribution in [0.4, 0.5) is 5.69 Å². The highest BCUT2D eigenvalue weighted by Gasteiger charge is 2.22. The van der Waals surface area contributed by atoms with Crippen LogP contribution in [0, 0.1) is 21.8 Å². The molecule has 2 aromatic rings. The third-order valence-corrected chi connectivity index (χ3v) is 3.56. The number of aromatic nitrogens is 2. The van der Waals surface area contributed by atoms with Gasteiger partial charge in [-0.05, 0) is 30.8 Å².